The van der Waals surface area contributed by atoms with Gasteiger partial charge in [0.15, 0.2) is 5.82 Å². The van der Waals surface area contributed by atoms with Crippen molar-refractivity contribution in [1.82, 2.24) is 9.97 Å². The second-order valence-electron chi connectivity index (χ2n) is 11.8. The number of nitrogen functional groups attached to an aromatic ring is 1. The summed E-state index contributed by atoms with van der Waals surface area (Å²) in [5.41, 5.74) is 5.73. The van der Waals surface area contributed by atoms with E-state index >= 15 is 0 Å². The lowest BCUT2D eigenvalue weighted by molar-refractivity contribution is 0.0168. The minimum absolute atomic E-state index is 0.0237. The maximum Gasteiger partial charge on any atom is 0.472 e. The van der Waals surface area contributed by atoms with Crippen molar-refractivity contribution in [3.05, 3.63) is 10.4 Å². The number of nitrogens with two attached hydrogens (primary N) is 1. The summed E-state index contributed by atoms with van der Waals surface area (Å²) in [5.74, 6) is 0.179. The zero-order valence-corrected chi connectivity index (χ0v) is 25.9. The van der Waals surface area contributed by atoms with E-state index in [4.69, 9.17) is 14.8 Å². The fourth-order valence-corrected chi connectivity index (χ4v) is 6.79. The predicted octanol–water partition coefficient (Wildman–Crippen LogP) is 5.93. The van der Waals surface area contributed by atoms with Crippen LogP contribution in [0.3, 0.4) is 0 Å². The van der Waals surface area contributed by atoms with Gasteiger partial charge >= 0.3 is 7.82 Å². The molecule has 1 fully saturated rings. The highest BCUT2D eigenvalue weighted by molar-refractivity contribution is 7.47. The van der Waals surface area contributed by atoms with Gasteiger partial charge in [-0.05, 0) is 18.8 Å². The molecular weight excluding hydrogens is 545 g/mol. The molecule has 1 aromatic heterocycles. The largest absolute Gasteiger partial charge is 0.472 e. The van der Waals surface area contributed by atoms with Gasteiger partial charge in [-0.1, -0.05) is 103 Å². The number of aliphatic hydroxyl groups is 1. The topological polar surface area (TPSA) is 163 Å². The Morgan fingerprint density at radius 3 is 2.07 bits per heavy atom. The van der Waals surface area contributed by atoms with Crippen molar-refractivity contribution >= 4 is 25.3 Å². The minimum atomic E-state index is -4.20. The van der Waals surface area contributed by atoms with E-state index in [1.807, 2.05) is 4.90 Å². The molecule has 0 spiro atoms. The summed E-state index contributed by atoms with van der Waals surface area (Å²) >= 11 is 0. The fraction of sp³-hybridized carbons (Fsp3) is 0.862. The normalized spacial score (nSPS) is 21.3. The molecule has 4 unspecified atom stereocenters. The molecule has 1 saturated carbocycles. The summed E-state index contributed by atoms with van der Waals surface area (Å²) < 4.78 is 23.0. The molecule has 1 aromatic rings. The maximum atomic E-state index is 12.5. The number of nitrogens with zero attached hydrogens (tertiary/aromatic N) is 2. The number of nitrogens with one attached hydrogen (secondary N) is 2. The van der Waals surface area contributed by atoms with Crippen molar-refractivity contribution in [2.24, 2.45) is 11.8 Å². The third-order valence-corrected chi connectivity index (χ3v) is 9.56. The van der Waals surface area contributed by atoms with E-state index in [0.29, 0.717) is 24.6 Å². The number of hydrogen-bond donors (Lipinski definition) is 5. The summed E-state index contributed by atoms with van der Waals surface area (Å²) in [6.45, 7) is 2.71. The zero-order valence-electron chi connectivity index (χ0n) is 25.0. The zero-order chi connectivity index (χ0) is 29.5. The van der Waals surface area contributed by atoms with E-state index < -0.39 is 7.82 Å². The number of anilines is 3. The quantitative estimate of drug-likeness (QED) is 0.0752. The number of fused-ring (bicyclic) bond motifs is 1. The monoisotopic (exact) mass is 599 g/mol. The van der Waals surface area contributed by atoms with Gasteiger partial charge in [0.05, 0.1) is 19.9 Å². The number of aliphatic hydroxyl groups excluding tert-OH is 1. The van der Waals surface area contributed by atoms with Gasteiger partial charge in [-0.2, -0.15) is 4.98 Å². The van der Waals surface area contributed by atoms with Crippen LogP contribution in [0, 0.1) is 11.8 Å². The van der Waals surface area contributed by atoms with Gasteiger partial charge < -0.3 is 26.0 Å². The van der Waals surface area contributed by atoms with Crippen molar-refractivity contribution in [3.63, 3.8) is 0 Å². The summed E-state index contributed by atoms with van der Waals surface area (Å²) in [4.78, 5) is 31.0. The molecule has 4 atom stereocenters. The number of phosphoric ester groups is 1. The minimum Gasteiger partial charge on any atom is -0.396 e. The lowest BCUT2D eigenvalue weighted by atomic mass is 9.69. The average Bonchev–Trinajstić information content (AvgIpc) is 3.33. The number of aromatic nitrogens is 2. The van der Waals surface area contributed by atoms with E-state index in [1.54, 1.807) is 0 Å². The van der Waals surface area contributed by atoms with Gasteiger partial charge in [-0.25, -0.2) is 4.57 Å². The smallest absolute Gasteiger partial charge is 0.396 e. The number of H-pyrrole nitrogens is 1. The van der Waals surface area contributed by atoms with Gasteiger partial charge in [0, 0.05) is 18.6 Å². The molecular formula is C29H54N5O6P. The van der Waals surface area contributed by atoms with E-state index in [9.17, 15) is 19.4 Å². The van der Waals surface area contributed by atoms with Crippen LogP contribution in [0.1, 0.15) is 116 Å². The molecule has 0 radical (unpaired) electrons. The number of hydrogen-bond acceptors (Lipinski definition) is 9. The lowest BCUT2D eigenvalue weighted by Crippen LogP contribution is -2.55. The standard InChI is InChI=1S/C29H54N5O6P/c1-2-3-4-5-6-7-8-9-10-11-12-13-14-15-16-17-18-39-41(37,38)40-21-24-23(20-35)19-25(24)34-22-31-26-27(34)32-29(30)33-28(26)36/h23-25,31,35H,2-22H2,1H3,(H,37,38)(H3,30,32,33,36). The van der Waals surface area contributed by atoms with Crippen molar-refractivity contribution in [1.29, 1.82) is 0 Å². The molecule has 2 aliphatic rings. The van der Waals surface area contributed by atoms with Gasteiger partial charge in [0.2, 0.25) is 5.95 Å². The first-order chi connectivity index (χ1) is 19.9. The van der Waals surface area contributed by atoms with Crippen molar-refractivity contribution in [2.45, 2.75) is 122 Å². The van der Waals surface area contributed by atoms with Crippen LogP contribution in [0.4, 0.5) is 17.5 Å². The SMILES string of the molecule is CCCCCCCCCCCCCCCCCCOP(=O)(O)OCC1C(CO)CC1N1CNc2c1nc(N)[nH]c2=O. The van der Waals surface area contributed by atoms with E-state index in [1.165, 1.54) is 83.5 Å². The summed E-state index contributed by atoms with van der Waals surface area (Å²) in [5, 5.41) is 12.8. The second-order valence-corrected chi connectivity index (χ2v) is 13.2. The van der Waals surface area contributed by atoms with Crippen molar-refractivity contribution < 1.29 is 23.6 Å². The highest BCUT2D eigenvalue weighted by Gasteiger charge is 2.47. The third kappa shape index (κ3) is 11.2. The first-order valence-electron chi connectivity index (χ1n) is 16.0. The Hall–Kier alpha value is -1.65. The summed E-state index contributed by atoms with van der Waals surface area (Å²) in [6.07, 6.45) is 20.9. The van der Waals surface area contributed by atoms with Gasteiger partial charge in [0.1, 0.15) is 5.69 Å². The van der Waals surface area contributed by atoms with Crippen LogP contribution in [0.2, 0.25) is 0 Å². The van der Waals surface area contributed by atoms with Crippen LogP contribution in [0.25, 0.3) is 0 Å². The van der Waals surface area contributed by atoms with Crippen LogP contribution in [-0.2, 0) is 13.6 Å². The lowest BCUT2D eigenvalue weighted by Gasteiger charge is -2.48. The number of unbranched alkanes of at least 4 members (excludes halogenated alkanes) is 15. The van der Waals surface area contributed by atoms with Crippen LogP contribution >= 0.6 is 7.82 Å². The first-order valence-corrected chi connectivity index (χ1v) is 17.5. The van der Waals surface area contributed by atoms with Crippen LogP contribution in [-0.4, -0.2) is 52.5 Å². The van der Waals surface area contributed by atoms with Gasteiger partial charge in [-0.3, -0.25) is 18.8 Å². The molecule has 0 amide bonds. The molecule has 11 nitrogen and oxygen atoms in total. The van der Waals surface area contributed by atoms with Crippen LogP contribution < -0.4 is 21.5 Å². The van der Waals surface area contributed by atoms with Crippen LogP contribution in [0.15, 0.2) is 4.79 Å². The molecule has 1 aliphatic heterocycles. The van der Waals surface area contributed by atoms with Gasteiger partial charge in [-0.15, -0.1) is 0 Å². The number of aromatic amines is 1. The Morgan fingerprint density at radius 1 is 0.951 bits per heavy atom. The number of rotatable bonds is 23. The Morgan fingerprint density at radius 2 is 1.51 bits per heavy atom. The highest BCUT2D eigenvalue weighted by Crippen LogP contribution is 2.48. The predicted molar refractivity (Wildman–Crippen MR) is 164 cm³/mol. The summed E-state index contributed by atoms with van der Waals surface area (Å²) in [6, 6.07) is -0.116. The molecule has 6 N–H and O–H groups in total. The maximum absolute atomic E-state index is 12.5. The fourth-order valence-electron chi connectivity index (χ4n) is 6.00. The molecule has 0 bridgehead atoms. The molecule has 236 valence electrons. The van der Waals surface area contributed by atoms with Crippen molar-refractivity contribution in [3.8, 4) is 0 Å². The first kappa shape index (κ1) is 33.8. The molecule has 3 rings (SSSR count). The van der Waals surface area contributed by atoms with E-state index in [2.05, 4.69) is 22.2 Å². The van der Waals surface area contributed by atoms with Crippen LogP contribution in [0.5, 0.6) is 0 Å². The Balaban J connectivity index is 1.22. The highest BCUT2D eigenvalue weighted by atomic mass is 31.2. The third-order valence-electron chi connectivity index (χ3n) is 8.58. The molecule has 12 heteroatoms. The second kappa shape index (κ2) is 18.1. The van der Waals surface area contributed by atoms with E-state index in [0.717, 1.165) is 19.3 Å². The average molecular weight is 600 g/mol. The molecule has 0 saturated heterocycles. The molecule has 0 aromatic carbocycles. The Labute approximate surface area is 245 Å². The van der Waals surface area contributed by atoms with E-state index in [-0.39, 0.29) is 49.2 Å². The van der Waals surface area contributed by atoms with Gasteiger partial charge in [0.25, 0.3) is 5.56 Å². The number of phosphoric acid groups is 1. The molecule has 1 aliphatic carbocycles. The molecule has 41 heavy (non-hydrogen) atoms. The van der Waals surface area contributed by atoms with Crippen molar-refractivity contribution in [2.75, 3.05) is 42.4 Å². The summed E-state index contributed by atoms with van der Waals surface area (Å²) in [7, 11) is -4.20. The Kier molecular flexibility index (Phi) is 15.0. The molecule has 2 heterocycles. The Bertz CT molecular complexity index is 995.